The number of carbonyl (C=O) groups excluding carboxylic acids is 2. The normalized spacial score (nSPS) is 16.4. The van der Waals surface area contributed by atoms with Crippen molar-refractivity contribution in [1.29, 1.82) is 0 Å². The first kappa shape index (κ1) is 18.8. The number of benzene rings is 2. The Morgan fingerprint density at radius 1 is 1.14 bits per heavy atom. The van der Waals surface area contributed by atoms with Crippen molar-refractivity contribution in [1.82, 2.24) is 0 Å². The lowest BCUT2D eigenvalue weighted by Crippen LogP contribution is -2.27. The van der Waals surface area contributed by atoms with Crippen molar-refractivity contribution in [3.8, 4) is 0 Å². The molecule has 2 amide bonds. The molecule has 3 aromatic rings. The molecule has 1 aliphatic rings. The van der Waals surface area contributed by atoms with Crippen molar-refractivity contribution < 1.29 is 9.59 Å². The number of anilines is 2. The maximum Gasteiger partial charge on any atom is 0.238 e. The summed E-state index contributed by atoms with van der Waals surface area (Å²) < 4.78 is 0. The Kier molecular flexibility index (Phi) is 5.50. The van der Waals surface area contributed by atoms with E-state index in [0.717, 1.165) is 27.4 Å². The largest absolute Gasteiger partial charge is 0.326 e. The first-order valence-corrected chi connectivity index (χ1v) is 11.0. The van der Waals surface area contributed by atoms with Crippen molar-refractivity contribution >= 4 is 46.3 Å². The van der Waals surface area contributed by atoms with E-state index in [1.54, 1.807) is 23.1 Å². The third-order valence-electron chi connectivity index (χ3n) is 4.52. The molecule has 4 rings (SSSR count). The van der Waals surface area contributed by atoms with Crippen LogP contribution in [0.1, 0.15) is 21.4 Å². The van der Waals surface area contributed by atoms with Gasteiger partial charge < -0.3 is 5.32 Å². The predicted octanol–water partition coefficient (Wildman–Crippen LogP) is 5.02. The second-order valence-corrected chi connectivity index (χ2v) is 8.80. The van der Waals surface area contributed by atoms with Gasteiger partial charge in [0, 0.05) is 16.3 Å². The minimum Gasteiger partial charge on any atom is -0.326 e. The fourth-order valence-corrected chi connectivity index (χ4v) is 5.14. The van der Waals surface area contributed by atoms with Gasteiger partial charge >= 0.3 is 0 Å². The van der Waals surface area contributed by atoms with E-state index in [9.17, 15) is 9.59 Å². The summed E-state index contributed by atoms with van der Waals surface area (Å²) in [4.78, 5) is 27.7. The lowest BCUT2D eigenvalue weighted by molar-refractivity contribution is -0.116. The van der Waals surface area contributed by atoms with Crippen LogP contribution in [0.5, 0.6) is 0 Å². The SMILES string of the molecule is Cc1cccc(N2C(=O)CS[C@@H]2c2cccc(NC(=O)Cc3cccs3)c2)c1. The van der Waals surface area contributed by atoms with Crippen molar-refractivity contribution in [3.63, 3.8) is 0 Å². The predicted molar refractivity (Wildman–Crippen MR) is 117 cm³/mol. The number of hydrogen-bond donors (Lipinski definition) is 1. The lowest BCUT2D eigenvalue weighted by atomic mass is 10.1. The van der Waals surface area contributed by atoms with Gasteiger partial charge in [0.15, 0.2) is 0 Å². The molecule has 0 radical (unpaired) electrons. The van der Waals surface area contributed by atoms with Crippen LogP contribution in [0.25, 0.3) is 0 Å². The summed E-state index contributed by atoms with van der Waals surface area (Å²) in [6.45, 7) is 2.02. The third-order valence-corrected chi connectivity index (χ3v) is 6.61. The third kappa shape index (κ3) is 4.13. The van der Waals surface area contributed by atoms with Crippen LogP contribution in [0, 0.1) is 6.92 Å². The zero-order valence-electron chi connectivity index (χ0n) is 15.4. The first-order valence-electron chi connectivity index (χ1n) is 9.03. The molecule has 1 aromatic heterocycles. The maximum atomic E-state index is 12.5. The minimum atomic E-state index is -0.0940. The molecule has 1 saturated heterocycles. The summed E-state index contributed by atoms with van der Waals surface area (Å²) in [5, 5.41) is 4.85. The summed E-state index contributed by atoms with van der Waals surface area (Å²) in [7, 11) is 0. The number of amides is 2. The van der Waals surface area contributed by atoms with E-state index in [1.165, 1.54) is 0 Å². The number of carbonyl (C=O) groups is 2. The van der Waals surface area contributed by atoms with Crippen LogP contribution in [0.4, 0.5) is 11.4 Å². The Morgan fingerprint density at radius 3 is 2.79 bits per heavy atom. The molecule has 28 heavy (non-hydrogen) atoms. The van der Waals surface area contributed by atoms with Crippen LogP contribution < -0.4 is 10.2 Å². The molecule has 1 atom stereocenters. The van der Waals surface area contributed by atoms with E-state index in [2.05, 4.69) is 5.32 Å². The number of nitrogens with one attached hydrogen (secondary N) is 1. The molecule has 0 aliphatic carbocycles. The summed E-state index contributed by atoms with van der Waals surface area (Å²) in [5.74, 6) is 0.520. The standard InChI is InChI=1S/C22H20N2O2S2/c1-15-5-2-8-18(11-15)24-21(26)14-28-22(24)16-6-3-7-17(12-16)23-20(25)13-19-9-4-10-27-19/h2-12,22H,13-14H2,1H3,(H,23,25)/t22-/m1/s1. The monoisotopic (exact) mass is 408 g/mol. The average Bonchev–Trinajstić information content (AvgIpc) is 3.31. The lowest BCUT2D eigenvalue weighted by Gasteiger charge is -2.25. The van der Waals surface area contributed by atoms with Crippen LogP contribution in [-0.4, -0.2) is 17.6 Å². The number of rotatable bonds is 5. The van der Waals surface area contributed by atoms with E-state index in [-0.39, 0.29) is 17.2 Å². The molecular weight excluding hydrogens is 388 g/mol. The Bertz CT molecular complexity index is 1000. The quantitative estimate of drug-likeness (QED) is 0.645. The number of hydrogen-bond acceptors (Lipinski definition) is 4. The number of thioether (sulfide) groups is 1. The second kappa shape index (κ2) is 8.20. The molecule has 2 aromatic carbocycles. The minimum absolute atomic E-state index is 0.0368. The van der Waals surface area contributed by atoms with E-state index in [0.29, 0.717) is 12.2 Å². The molecule has 6 heteroatoms. The average molecular weight is 409 g/mol. The van der Waals surface area contributed by atoms with E-state index < -0.39 is 0 Å². The topological polar surface area (TPSA) is 49.4 Å². The second-order valence-electron chi connectivity index (χ2n) is 6.70. The molecule has 1 aliphatic heterocycles. The fraction of sp³-hybridized carbons (Fsp3) is 0.182. The van der Waals surface area contributed by atoms with Crippen molar-refractivity contribution in [2.24, 2.45) is 0 Å². The van der Waals surface area contributed by atoms with Gasteiger partial charge in [0.2, 0.25) is 11.8 Å². The van der Waals surface area contributed by atoms with Gasteiger partial charge in [-0.3, -0.25) is 14.5 Å². The van der Waals surface area contributed by atoms with Crippen LogP contribution in [0.2, 0.25) is 0 Å². The first-order chi connectivity index (χ1) is 13.6. The Hall–Kier alpha value is -2.57. The van der Waals surface area contributed by atoms with Crippen molar-refractivity contribution in [3.05, 3.63) is 82.0 Å². The molecule has 1 N–H and O–H groups in total. The zero-order valence-corrected chi connectivity index (χ0v) is 17.1. The highest BCUT2D eigenvalue weighted by molar-refractivity contribution is 8.00. The number of aryl methyl sites for hydroxylation is 1. The number of nitrogens with zero attached hydrogens (tertiary/aromatic N) is 1. The molecule has 0 saturated carbocycles. The Balaban J connectivity index is 1.54. The molecule has 2 heterocycles. The molecule has 4 nitrogen and oxygen atoms in total. The van der Waals surface area contributed by atoms with Crippen LogP contribution in [0.3, 0.4) is 0 Å². The summed E-state index contributed by atoms with van der Waals surface area (Å²) >= 11 is 3.19. The van der Waals surface area contributed by atoms with E-state index in [1.807, 2.05) is 77.9 Å². The van der Waals surface area contributed by atoms with Crippen molar-refractivity contribution in [2.45, 2.75) is 18.7 Å². The van der Waals surface area contributed by atoms with Gasteiger partial charge in [0.05, 0.1) is 12.2 Å². The van der Waals surface area contributed by atoms with Gasteiger partial charge in [-0.1, -0.05) is 30.3 Å². The molecule has 0 bridgehead atoms. The molecule has 0 unspecified atom stereocenters. The van der Waals surface area contributed by atoms with Crippen LogP contribution in [0.15, 0.2) is 66.0 Å². The van der Waals surface area contributed by atoms with Gasteiger partial charge in [-0.25, -0.2) is 0 Å². The highest BCUT2D eigenvalue weighted by Crippen LogP contribution is 2.42. The summed E-state index contributed by atoms with van der Waals surface area (Å²) in [6, 6.07) is 19.7. The van der Waals surface area contributed by atoms with Crippen molar-refractivity contribution in [2.75, 3.05) is 16.0 Å². The summed E-state index contributed by atoms with van der Waals surface area (Å²) in [5.41, 5.74) is 3.79. The molecular formula is C22H20N2O2S2. The van der Waals surface area contributed by atoms with Crippen LogP contribution in [-0.2, 0) is 16.0 Å². The van der Waals surface area contributed by atoms with Crippen LogP contribution >= 0.6 is 23.1 Å². The van der Waals surface area contributed by atoms with Gasteiger partial charge in [0.25, 0.3) is 0 Å². The summed E-state index contributed by atoms with van der Waals surface area (Å²) in [6.07, 6.45) is 0.369. The Morgan fingerprint density at radius 2 is 2.00 bits per heavy atom. The smallest absolute Gasteiger partial charge is 0.238 e. The van der Waals surface area contributed by atoms with Gasteiger partial charge in [-0.05, 0) is 53.8 Å². The Labute approximate surface area is 172 Å². The van der Waals surface area contributed by atoms with E-state index in [4.69, 9.17) is 0 Å². The highest BCUT2D eigenvalue weighted by Gasteiger charge is 2.34. The highest BCUT2D eigenvalue weighted by atomic mass is 32.2. The zero-order chi connectivity index (χ0) is 19.5. The number of thiophene rings is 1. The van der Waals surface area contributed by atoms with Gasteiger partial charge in [-0.2, -0.15) is 0 Å². The molecule has 1 fully saturated rings. The molecule has 142 valence electrons. The van der Waals surface area contributed by atoms with E-state index >= 15 is 0 Å². The van der Waals surface area contributed by atoms with Gasteiger partial charge in [0.1, 0.15) is 5.37 Å². The maximum absolute atomic E-state index is 12.5. The fourth-order valence-electron chi connectivity index (χ4n) is 3.27. The molecule has 0 spiro atoms. The van der Waals surface area contributed by atoms with Gasteiger partial charge in [-0.15, -0.1) is 23.1 Å².